The summed E-state index contributed by atoms with van der Waals surface area (Å²) in [6.45, 7) is 0. The van der Waals surface area contributed by atoms with E-state index in [9.17, 15) is 0 Å². The molecule has 0 aliphatic carbocycles. The van der Waals surface area contributed by atoms with E-state index < -0.39 is 0 Å². The van der Waals surface area contributed by atoms with Gasteiger partial charge in [0.25, 0.3) is 0 Å². The molecule has 0 spiro atoms. The first kappa shape index (κ1) is 26.6. The Morgan fingerprint density at radius 3 is 1.80 bits per heavy atom. The second kappa shape index (κ2) is 11.0. The maximum atomic E-state index is 5.13. The van der Waals surface area contributed by atoms with E-state index in [0.717, 1.165) is 33.1 Å². The molecule has 0 fully saturated rings. The molecule has 0 radical (unpaired) electrons. The fourth-order valence-corrected chi connectivity index (χ4v) is 7.69. The third-order valence-corrected chi connectivity index (χ3v) is 9.98. The van der Waals surface area contributed by atoms with Crippen molar-refractivity contribution in [3.05, 3.63) is 170 Å². The highest BCUT2D eigenvalue weighted by Crippen LogP contribution is 2.42. The highest BCUT2D eigenvalue weighted by atomic mass is 32.1. The molecule has 0 bridgehead atoms. The first-order valence-electron chi connectivity index (χ1n) is 15.5. The molecule has 0 atom stereocenters. The van der Waals surface area contributed by atoms with Crippen LogP contribution in [0.1, 0.15) is 0 Å². The van der Waals surface area contributed by atoms with E-state index in [4.69, 9.17) is 4.98 Å². The number of nitrogens with zero attached hydrogens (tertiary/aromatic N) is 2. The summed E-state index contributed by atoms with van der Waals surface area (Å²) >= 11 is 1.78. The van der Waals surface area contributed by atoms with E-state index in [-0.39, 0.29) is 0 Å². The van der Waals surface area contributed by atoms with Crippen molar-refractivity contribution in [1.29, 1.82) is 0 Å². The molecule has 1 heterocycles. The average molecular weight is 605 g/mol. The Labute approximate surface area is 271 Å². The molecule has 9 rings (SSSR count). The number of para-hydroxylation sites is 1. The van der Waals surface area contributed by atoms with Crippen molar-refractivity contribution in [2.75, 3.05) is 4.90 Å². The van der Waals surface area contributed by atoms with Crippen LogP contribution in [0.2, 0.25) is 0 Å². The van der Waals surface area contributed by atoms with Crippen LogP contribution < -0.4 is 4.90 Å². The van der Waals surface area contributed by atoms with Crippen LogP contribution in [0.25, 0.3) is 64.2 Å². The number of fused-ring (bicyclic) bond motifs is 6. The molecule has 9 aromatic rings. The molecule has 3 heteroatoms. The lowest BCUT2D eigenvalue weighted by Crippen LogP contribution is -2.09. The van der Waals surface area contributed by atoms with Crippen molar-refractivity contribution >= 4 is 70.9 Å². The predicted molar refractivity (Wildman–Crippen MR) is 198 cm³/mol. The fourth-order valence-electron chi connectivity index (χ4n) is 6.55. The van der Waals surface area contributed by atoms with Gasteiger partial charge in [-0.1, -0.05) is 127 Å². The van der Waals surface area contributed by atoms with E-state index >= 15 is 0 Å². The monoisotopic (exact) mass is 604 g/mol. The Morgan fingerprint density at radius 1 is 0.413 bits per heavy atom. The number of aromatic nitrogens is 1. The summed E-state index contributed by atoms with van der Waals surface area (Å²) in [6, 6.07) is 60.9. The summed E-state index contributed by atoms with van der Waals surface area (Å²) in [4.78, 5) is 7.49. The Hall–Kier alpha value is -5.77. The summed E-state index contributed by atoms with van der Waals surface area (Å²) in [7, 11) is 0. The third kappa shape index (κ3) is 4.61. The fraction of sp³-hybridized carbons (Fsp3) is 0. The van der Waals surface area contributed by atoms with Gasteiger partial charge in [-0.25, -0.2) is 4.98 Å². The number of rotatable bonds is 5. The Kier molecular flexibility index (Phi) is 6.36. The van der Waals surface area contributed by atoms with Crippen molar-refractivity contribution < 1.29 is 0 Å². The molecule has 1 aromatic heterocycles. The molecule has 46 heavy (non-hydrogen) atoms. The number of thiazole rings is 1. The van der Waals surface area contributed by atoms with Gasteiger partial charge in [-0.15, -0.1) is 11.3 Å². The lowest BCUT2D eigenvalue weighted by Gasteiger charge is -2.26. The second-order valence-corrected chi connectivity index (χ2v) is 12.6. The lowest BCUT2D eigenvalue weighted by molar-refractivity contribution is 1.29. The second-order valence-electron chi connectivity index (χ2n) is 11.6. The zero-order chi connectivity index (χ0) is 30.5. The highest BCUT2D eigenvalue weighted by molar-refractivity contribution is 7.22. The summed E-state index contributed by atoms with van der Waals surface area (Å²) in [5.74, 6) is 0. The lowest BCUT2D eigenvalue weighted by atomic mass is 10.00. The van der Waals surface area contributed by atoms with Crippen LogP contribution in [-0.4, -0.2) is 4.98 Å². The van der Waals surface area contributed by atoms with Crippen LogP contribution in [-0.2, 0) is 0 Å². The topological polar surface area (TPSA) is 16.1 Å². The smallest absolute Gasteiger partial charge is 0.124 e. The molecule has 0 N–H and O–H groups in total. The average Bonchev–Trinajstić information content (AvgIpc) is 3.57. The Morgan fingerprint density at radius 2 is 1.00 bits per heavy atom. The van der Waals surface area contributed by atoms with Gasteiger partial charge in [0.15, 0.2) is 0 Å². The molecule has 2 nitrogen and oxygen atoms in total. The molecule has 0 amide bonds. The van der Waals surface area contributed by atoms with E-state index in [1.807, 2.05) is 0 Å². The van der Waals surface area contributed by atoms with Crippen molar-refractivity contribution in [2.24, 2.45) is 0 Å². The SMILES string of the molecule is c1ccc(-c2ccc(-c3nc4ccc5ccc6ccc(N(c7ccccc7)c7ccc8ccccc8c7)cc6c5c4s3)cc2)cc1. The zero-order valence-electron chi connectivity index (χ0n) is 25.0. The van der Waals surface area contributed by atoms with E-state index in [0.29, 0.717) is 0 Å². The van der Waals surface area contributed by atoms with Crippen LogP contribution in [0.4, 0.5) is 17.1 Å². The molecule has 8 aromatic carbocycles. The maximum Gasteiger partial charge on any atom is 0.124 e. The molecule has 0 aliphatic rings. The quantitative estimate of drug-likeness (QED) is 0.182. The predicted octanol–water partition coefficient (Wildman–Crippen LogP) is 12.6. The van der Waals surface area contributed by atoms with Crippen LogP contribution in [0.15, 0.2) is 170 Å². The van der Waals surface area contributed by atoms with Crippen molar-refractivity contribution in [1.82, 2.24) is 4.98 Å². The molecule has 0 unspecified atom stereocenters. The number of hydrogen-bond donors (Lipinski definition) is 0. The number of hydrogen-bond acceptors (Lipinski definition) is 3. The largest absolute Gasteiger partial charge is 0.310 e. The van der Waals surface area contributed by atoms with Gasteiger partial charge in [-0.05, 0) is 80.5 Å². The molecular formula is C43H28N2S. The minimum atomic E-state index is 1.03. The van der Waals surface area contributed by atoms with Crippen LogP contribution >= 0.6 is 11.3 Å². The minimum absolute atomic E-state index is 1.03. The summed E-state index contributed by atoms with van der Waals surface area (Å²) in [5.41, 5.74) is 7.99. The normalized spacial score (nSPS) is 11.5. The van der Waals surface area contributed by atoms with Gasteiger partial charge in [0.2, 0.25) is 0 Å². The Balaban J connectivity index is 1.21. The first-order valence-corrected chi connectivity index (χ1v) is 16.4. The van der Waals surface area contributed by atoms with Crippen LogP contribution in [0.5, 0.6) is 0 Å². The molecule has 0 aliphatic heterocycles. The summed E-state index contributed by atoms with van der Waals surface area (Å²) in [6.07, 6.45) is 0. The molecule has 216 valence electrons. The number of benzene rings is 8. The standard InChI is InChI=1S/C43H28N2S/c1-3-9-29(10-4-1)31-15-19-34(20-16-31)43-44-40-26-23-33-18-17-32-22-25-38(28-39(32)41(33)42(40)46-43)45(36-13-5-2-6-14-36)37-24-21-30-11-7-8-12-35(30)27-37/h1-28H. The summed E-state index contributed by atoms with van der Waals surface area (Å²) in [5, 5.41) is 8.44. The molecule has 0 saturated carbocycles. The van der Waals surface area contributed by atoms with E-state index in [1.165, 1.54) is 48.1 Å². The zero-order valence-corrected chi connectivity index (χ0v) is 25.8. The van der Waals surface area contributed by atoms with Gasteiger partial charge in [0.1, 0.15) is 5.01 Å². The van der Waals surface area contributed by atoms with E-state index in [2.05, 4.69) is 175 Å². The summed E-state index contributed by atoms with van der Waals surface area (Å²) < 4.78 is 1.22. The van der Waals surface area contributed by atoms with Crippen LogP contribution in [0.3, 0.4) is 0 Å². The van der Waals surface area contributed by atoms with Gasteiger partial charge in [0.05, 0.1) is 10.2 Å². The van der Waals surface area contributed by atoms with Gasteiger partial charge >= 0.3 is 0 Å². The van der Waals surface area contributed by atoms with Gasteiger partial charge in [0, 0.05) is 28.0 Å². The van der Waals surface area contributed by atoms with Crippen LogP contribution in [0, 0.1) is 0 Å². The third-order valence-electron chi connectivity index (χ3n) is 8.84. The van der Waals surface area contributed by atoms with Crippen molar-refractivity contribution in [3.63, 3.8) is 0 Å². The minimum Gasteiger partial charge on any atom is -0.310 e. The molecular weight excluding hydrogens is 577 g/mol. The highest BCUT2D eigenvalue weighted by Gasteiger charge is 2.16. The van der Waals surface area contributed by atoms with Crippen molar-refractivity contribution in [2.45, 2.75) is 0 Å². The van der Waals surface area contributed by atoms with Gasteiger partial charge in [-0.2, -0.15) is 0 Å². The maximum absolute atomic E-state index is 5.13. The van der Waals surface area contributed by atoms with E-state index in [1.54, 1.807) is 11.3 Å². The Bertz CT molecular complexity index is 2520. The molecule has 0 saturated heterocycles. The van der Waals surface area contributed by atoms with Gasteiger partial charge < -0.3 is 4.90 Å². The first-order chi connectivity index (χ1) is 22.8. The van der Waals surface area contributed by atoms with Crippen molar-refractivity contribution in [3.8, 4) is 21.7 Å². The van der Waals surface area contributed by atoms with Gasteiger partial charge in [-0.3, -0.25) is 0 Å². The number of anilines is 3.